The minimum atomic E-state index is -0.274. The minimum Gasteiger partial charge on any atom is -0.370 e. The highest BCUT2D eigenvalue weighted by Crippen LogP contribution is 2.15. The topological polar surface area (TPSA) is 43.1 Å². The SMILES string of the molecule is C=C(CCl)c1ccc(CCC(N)=O)cc1. The van der Waals surface area contributed by atoms with Crippen molar-refractivity contribution in [1.29, 1.82) is 0 Å². The number of aryl methyl sites for hydroxylation is 1. The van der Waals surface area contributed by atoms with Crippen LogP contribution < -0.4 is 5.73 Å². The summed E-state index contributed by atoms with van der Waals surface area (Å²) in [5.41, 5.74) is 8.10. The number of rotatable bonds is 5. The maximum absolute atomic E-state index is 10.6. The monoisotopic (exact) mass is 223 g/mol. The number of carbonyl (C=O) groups is 1. The van der Waals surface area contributed by atoms with E-state index in [-0.39, 0.29) is 5.91 Å². The van der Waals surface area contributed by atoms with Crippen molar-refractivity contribution in [1.82, 2.24) is 0 Å². The maximum atomic E-state index is 10.6. The number of nitrogens with two attached hydrogens (primary N) is 1. The molecule has 0 aliphatic heterocycles. The van der Waals surface area contributed by atoms with Gasteiger partial charge in [-0.2, -0.15) is 0 Å². The summed E-state index contributed by atoms with van der Waals surface area (Å²) in [5, 5.41) is 0. The molecule has 0 radical (unpaired) electrons. The van der Waals surface area contributed by atoms with Crippen LogP contribution in [0.5, 0.6) is 0 Å². The number of allylic oxidation sites excluding steroid dienone is 1. The summed E-state index contributed by atoms with van der Waals surface area (Å²) in [7, 11) is 0. The Balaban J connectivity index is 2.64. The van der Waals surface area contributed by atoms with E-state index in [2.05, 4.69) is 6.58 Å². The van der Waals surface area contributed by atoms with E-state index < -0.39 is 0 Å². The van der Waals surface area contributed by atoms with Gasteiger partial charge in [0.15, 0.2) is 0 Å². The average molecular weight is 224 g/mol. The van der Waals surface area contributed by atoms with Gasteiger partial charge in [-0.05, 0) is 23.1 Å². The number of carbonyl (C=O) groups excluding carboxylic acids is 1. The van der Waals surface area contributed by atoms with Crippen LogP contribution in [0.2, 0.25) is 0 Å². The Morgan fingerprint density at radius 1 is 1.33 bits per heavy atom. The fraction of sp³-hybridized carbons (Fsp3) is 0.250. The Bertz CT molecular complexity index is 356. The Morgan fingerprint density at radius 2 is 1.93 bits per heavy atom. The fourth-order valence-electron chi connectivity index (χ4n) is 1.25. The Kier molecular flexibility index (Phi) is 4.37. The van der Waals surface area contributed by atoms with Gasteiger partial charge in [0.1, 0.15) is 0 Å². The van der Waals surface area contributed by atoms with E-state index in [1.165, 1.54) is 0 Å². The zero-order valence-electron chi connectivity index (χ0n) is 8.50. The third kappa shape index (κ3) is 3.76. The quantitative estimate of drug-likeness (QED) is 0.766. The van der Waals surface area contributed by atoms with Crippen molar-refractivity contribution in [2.24, 2.45) is 5.73 Å². The molecule has 0 aliphatic rings. The smallest absolute Gasteiger partial charge is 0.217 e. The molecule has 1 aromatic rings. The normalized spacial score (nSPS) is 9.93. The van der Waals surface area contributed by atoms with Crippen molar-refractivity contribution in [3.63, 3.8) is 0 Å². The highest BCUT2D eigenvalue weighted by Gasteiger charge is 1.99. The maximum Gasteiger partial charge on any atom is 0.217 e. The summed E-state index contributed by atoms with van der Waals surface area (Å²) in [4.78, 5) is 10.6. The van der Waals surface area contributed by atoms with Crippen molar-refractivity contribution in [3.05, 3.63) is 42.0 Å². The molecule has 2 nitrogen and oxygen atoms in total. The van der Waals surface area contributed by atoms with Crippen molar-refractivity contribution < 1.29 is 4.79 Å². The van der Waals surface area contributed by atoms with Gasteiger partial charge in [-0.15, -0.1) is 11.6 Å². The van der Waals surface area contributed by atoms with Gasteiger partial charge in [0.05, 0.1) is 0 Å². The van der Waals surface area contributed by atoms with Gasteiger partial charge in [-0.1, -0.05) is 30.8 Å². The van der Waals surface area contributed by atoms with Crippen molar-refractivity contribution in [2.45, 2.75) is 12.8 Å². The zero-order valence-corrected chi connectivity index (χ0v) is 9.26. The van der Waals surface area contributed by atoms with Crippen molar-refractivity contribution in [2.75, 3.05) is 5.88 Å². The lowest BCUT2D eigenvalue weighted by Gasteiger charge is -2.03. The molecular weight excluding hydrogens is 210 g/mol. The average Bonchev–Trinajstić information content (AvgIpc) is 2.26. The second-order valence-electron chi connectivity index (χ2n) is 3.40. The van der Waals surface area contributed by atoms with Gasteiger partial charge >= 0.3 is 0 Å². The zero-order chi connectivity index (χ0) is 11.3. The Morgan fingerprint density at radius 3 is 2.40 bits per heavy atom. The molecule has 0 heterocycles. The summed E-state index contributed by atoms with van der Waals surface area (Å²) in [6.07, 6.45) is 1.07. The van der Waals surface area contributed by atoms with Crippen LogP contribution in [0.3, 0.4) is 0 Å². The Hall–Kier alpha value is -1.28. The lowest BCUT2D eigenvalue weighted by molar-refractivity contribution is -0.117. The summed E-state index contributed by atoms with van der Waals surface area (Å²) in [6, 6.07) is 7.86. The lowest BCUT2D eigenvalue weighted by atomic mass is 10.0. The first kappa shape index (κ1) is 11.8. The van der Waals surface area contributed by atoms with Crippen LogP contribution >= 0.6 is 11.6 Å². The van der Waals surface area contributed by atoms with Crippen LogP contribution in [0.1, 0.15) is 17.5 Å². The summed E-state index contributed by atoms with van der Waals surface area (Å²) in [5.74, 6) is 0.157. The van der Waals surface area contributed by atoms with E-state index in [0.717, 1.165) is 16.7 Å². The molecule has 0 fully saturated rings. The van der Waals surface area contributed by atoms with Crippen LogP contribution in [0.4, 0.5) is 0 Å². The van der Waals surface area contributed by atoms with Crippen LogP contribution in [-0.2, 0) is 11.2 Å². The predicted molar refractivity (Wildman–Crippen MR) is 63.7 cm³/mol. The highest BCUT2D eigenvalue weighted by atomic mass is 35.5. The molecule has 0 aromatic heterocycles. The first-order valence-corrected chi connectivity index (χ1v) is 5.28. The van der Waals surface area contributed by atoms with Crippen LogP contribution in [-0.4, -0.2) is 11.8 Å². The second kappa shape index (κ2) is 5.56. The summed E-state index contributed by atoms with van der Waals surface area (Å²) in [6.45, 7) is 3.84. The number of alkyl halides is 1. The highest BCUT2D eigenvalue weighted by molar-refractivity contribution is 6.23. The molecule has 2 N–H and O–H groups in total. The third-order valence-electron chi connectivity index (χ3n) is 2.18. The van der Waals surface area contributed by atoms with Crippen LogP contribution in [0.25, 0.3) is 5.57 Å². The first-order valence-electron chi connectivity index (χ1n) is 4.75. The van der Waals surface area contributed by atoms with Gasteiger partial charge in [0.25, 0.3) is 0 Å². The van der Waals surface area contributed by atoms with Crippen LogP contribution in [0.15, 0.2) is 30.8 Å². The molecular formula is C12H14ClNO. The number of hydrogen-bond donors (Lipinski definition) is 1. The number of primary amides is 1. The lowest BCUT2D eigenvalue weighted by Crippen LogP contribution is -2.11. The van der Waals surface area contributed by atoms with E-state index >= 15 is 0 Å². The third-order valence-corrected chi connectivity index (χ3v) is 2.51. The molecule has 3 heteroatoms. The van der Waals surface area contributed by atoms with E-state index in [1.807, 2.05) is 24.3 Å². The molecule has 1 aromatic carbocycles. The van der Waals surface area contributed by atoms with Crippen molar-refractivity contribution in [3.8, 4) is 0 Å². The number of benzene rings is 1. The fourth-order valence-corrected chi connectivity index (χ4v) is 1.41. The van der Waals surface area contributed by atoms with Crippen molar-refractivity contribution >= 4 is 23.1 Å². The van der Waals surface area contributed by atoms with Gasteiger partial charge in [0, 0.05) is 12.3 Å². The van der Waals surface area contributed by atoms with E-state index in [9.17, 15) is 4.79 Å². The standard InChI is InChI=1S/C12H14ClNO/c1-9(8-13)11-5-2-10(3-6-11)4-7-12(14)15/h2-3,5-6H,1,4,7-8H2,(H2,14,15). The molecule has 0 spiro atoms. The molecule has 0 bridgehead atoms. The number of hydrogen-bond acceptors (Lipinski definition) is 1. The molecule has 0 unspecified atom stereocenters. The molecule has 0 aliphatic carbocycles. The van der Waals surface area contributed by atoms with Gasteiger partial charge < -0.3 is 5.73 Å². The largest absolute Gasteiger partial charge is 0.370 e. The van der Waals surface area contributed by atoms with Gasteiger partial charge in [0.2, 0.25) is 5.91 Å². The molecule has 0 atom stereocenters. The predicted octanol–water partition coefficient (Wildman–Crippen LogP) is 2.36. The summed E-state index contributed by atoms with van der Waals surface area (Å²) < 4.78 is 0. The number of amides is 1. The molecule has 80 valence electrons. The van der Waals surface area contributed by atoms with E-state index in [4.69, 9.17) is 17.3 Å². The minimum absolute atomic E-state index is 0.274. The second-order valence-corrected chi connectivity index (χ2v) is 3.67. The summed E-state index contributed by atoms with van der Waals surface area (Å²) >= 11 is 5.67. The molecule has 1 amide bonds. The van der Waals surface area contributed by atoms with E-state index in [1.54, 1.807) is 0 Å². The number of halogens is 1. The van der Waals surface area contributed by atoms with Gasteiger partial charge in [-0.3, -0.25) is 4.79 Å². The molecule has 15 heavy (non-hydrogen) atoms. The molecule has 0 saturated carbocycles. The van der Waals surface area contributed by atoms with Gasteiger partial charge in [-0.25, -0.2) is 0 Å². The molecule has 1 rings (SSSR count). The van der Waals surface area contributed by atoms with E-state index in [0.29, 0.717) is 18.7 Å². The van der Waals surface area contributed by atoms with Crippen LogP contribution in [0, 0.1) is 0 Å². The Labute approximate surface area is 94.7 Å². The first-order chi connectivity index (χ1) is 7.13. The molecule has 0 saturated heterocycles.